The topological polar surface area (TPSA) is 55.4 Å². The number of hydrogen-bond acceptors (Lipinski definition) is 3. The number of carbonyl (C=O) groups is 2. The third kappa shape index (κ3) is 7.16. The van der Waals surface area contributed by atoms with Crippen molar-refractivity contribution in [1.82, 2.24) is 5.32 Å². The van der Waals surface area contributed by atoms with Gasteiger partial charge in [-0.05, 0) is 43.0 Å². The zero-order valence-electron chi connectivity index (χ0n) is 14.2. The van der Waals surface area contributed by atoms with E-state index in [1.807, 2.05) is 37.3 Å². The van der Waals surface area contributed by atoms with Crippen molar-refractivity contribution in [1.29, 1.82) is 0 Å². The number of benzene rings is 2. The fraction of sp³-hybridized carbons (Fsp3) is 0.300. The van der Waals surface area contributed by atoms with E-state index in [2.05, 4.69) is 5.32 Å². The van der Waals surface area contributed by atoms with Crippen molar-refractivity contribution < 1.29 is 18.7 Å². The SMILES string of the molecule is C[C@@H](CCc1ccccc1)NC(=O)COC(=O)Cc1ccc(F)cc1. The van der Waals surface area contributed by atoms with E-state index in [-0.39, 0.29) is 30.8 Å². The first-order chi connectivity index (χ1) is 12.0. The molecule has 2 rings (SSSR count). The number of carbonyl (C=O) groups excluding carboxylic acids is 2. The summed E-state index contributed by atoms with van der Waals surface area (Å²) in [6.07, 6.45) is 1.68. The van der Waals surface area contributed by atoms with Gasteiger partial charge in [0.2, 0.25) is 0 Å². The summed E-state index contributed by atoms with van der Waals surface area (Å²) in [6, 6.07) is 15.6. The summed E-state index contributed by atoms with van der Waals surface area (Å²) < 4.78 is 17.8. The Morgan fingerprint density at radius 1 is 1.04 bits per heavy atom. The molecule has 0 unspecified atom stereocenters. The van der Waals surface area contributed by atoms with Crippen LogP contribution in [0.15, 0.2) is 54.6 Å². The Morgan fingerprint density at radius 3 is 2.40 bits per heavy atom. The van der Waals surface area contributed by atoms with Crippen LogP contribution in [0.1, 0.15) is 24.5 Å². The Balaban J connectivity index is 1.65. The average molecular weight is 343 g/mol. The summed E-state index contributed by atoms with van der Waals surface area (Å²) in [5, 5.41) is 2.81. The van der Waals surface area contributed by atoms with Gasteiger partial charge in [-0.15, -0.1) is 0 Å². The molecule has 2 aromatic carbocycles. The molecule has 0 bridgehead atoms. The van der Waals surface area contributed by atoms with Gasteiger partial charge in [0.15, 0.2) is 6.61 Å². The smallest absolute Gasteiger partial charge is 0.310 e. The first kappa shape index (κ1) is 18.6. The Hall–Kier alpha value is -2.69. The monoisotopic (exact) mass is 343 g/mol. The van der Waals surface area contributed by atoms with Crippen molar-refractivity contribution in [2.45, 2.75) is 32.2 Å². The molecule has 0 heterocycles. The van der Waals surface area contributed by atoms with Crippen molar-refractivity contribution in [2.75, 3.05) is 6.61 Å². The first-order valence-electron chi connectivity index (χ1n) is 8.26. The average Bonchev–Trinajstić information content (AvgIpc) is 2.61. The highest BCUT2D eigenvalue weighted by molar-refractivity contribution is 5.81. The maximum absolute atomic E-state index is 12.8. The molecule has 2 aromatic rings. The molecule has 25 heavy (non-hydrogen) atoms. The van der Waals surface area contributed by atoms with E-state index in [0.717, 1.165) is 12.8 Å². The maximum atomic E-state index is 12.8. The minimum absolute atomic E-state index is 0.0106. The Bertz CT molecular complexity index is 686. The van der Waals surface area contributed by atoms with E-state index in [4.69, 9.17) is 4.74 Å². The molecule has 5 heteroatoms. The lowest BCUT2D eigenvalue weighted by atomic mass is 10.1. The lowest BCUT2D eigenvalue weighted by molar-refractivity contribution is -0.148. The summed E-state index contributed by atoms with van der Waals surface area (Å²) in [4.78, 5) is 23.5. The number of halogens is 1. The van der Waals surface area contributed by atoms with E-state index in [0.29, 0.717) is 5.56 Å². The van der Waals surface area contributed by atoms with Crippen LogP contribution in [0.25, 0.3) is 0 Å². The molecule has 1 atom stereocenters. The third-order valence-electron chi connectivity index (χ3n) is 3.74. The molecule has 0 aliphatic carbocycles. The molecule has 4 nitrogen and oxygen atoms in total. The molecular formula is C20H22FNO3. The second kappa shape index (κ2) is 9.57. The second-order valence-corrected chi connectivity index (χ2v) is 5.96. The number of nitrogens with one attached hydrogen (secondary N) is 1. The quantitative estimate of drug-likeness (QED) is 0.750. The van der Waals surface area contributed by atoms with Gasteiger partial charge in [0.25, 0.3) is 5.91 Å². The van der Waals surface area contributed by atoms with Crippen LogP contribution in [0, 0.1) is 5.82 Å². The van der Waals surface area contributed by atoms with Gasteiger partial charge in [0.1, 0.15) is 5.82 Å². The standard InChI is InChI=1S/C20H22FNO3/c1-15(7-8-16-5-3-2-4-6-16)22-19(23)14-25-20(24)13-17-9-11-18(21)12-10-17/h2-6,9-12,15H,7-8,13-14H2,1H3,(H,22,23)/t15-/m0/s1. The first-order valence-corrected chi connectivity index (χ1v) is 8.26. The number of esters is 1. The summed E-state index contributed by atoms with van der Waals surface area (Å²) >= 11 is 0. The minimum Gasteiger partial charge on any atom is -0.455 e. The second-order valence-electron chi connectivity index (χ2n) is 5.96. The van der Waals surface area contributed by atoms with Gasteiger partial charge < -0.3 is 10.1 Å². The van der Waals surface area contributed by atoms with Crippen LogP contribution in [0.3, 0.4) is 0 Å². The molecule has 0 fully saturated rings. The third-order valence-corrected chi connectivity index (χ3v) is 3.74. The van der Waals surface area contributed by atoms with Crippen molar-refractivity contribution in [3.63, 3.8) is 0 Å². The summed E-state index contributed by atoms with van der Waals surface area (Å²) in [5.41, 5.74) is 1.86. The Kier molecular flexibility index (Phi) is 7.14. The van der Waals surface area contributed by atoms with E-state index in [1.165, 1.54) is 29.8 Å². The predicted octanol–water partition coefficient (Wildman–Crippen LogP) is 3.05. The van der Waals surface area contributed by atoms with Gasteiger partial charge in [-0.3, -0.25) is 9.59 Å². The number of rotatable bonds is 8. The lowest BCUT2D eigenvalue weighted by Gasteiger charge is -2.14. The van der Waals surface area contributed by atoms with Gasteiger partial charge >= 0.3 is 5.97 Å². The van der Waals surface area contributed by atoms with E-state index in [9.17, 15) is 14.0 Å². The minimum atomic E-state index is -0.515. The Labute approximate surface area is 147 Å². The Morgan fingerprint density at radius 2 is 1.72 bits per heavy atom. The number of amides is 1. The van der Waals surface area contributed by atoms with Crippen LogP contribution >= 0.6 is 0 Å². The summed E-state index contributed by atoms with van der Waals surface area (Å²) in [6.45, 7) is 1.61. The van der Waals surface area contributed by atoms with E-state index >= 15 is 0 Å². The number of hydrogen-bond donors (Lipinski definition) is 1. The fourth-order valence-corrected chi connectivity index (χ4v) is 2.38. The van der Waals surface area contributed by atoms with Gasteiger partial charge in [0, 0.05) is 6.04 Å². The molecule has 0 saturated heterocycles. The molecule has 1 amide bonds. The van der Waals surface area contributed by atoms with Crippen molar-refractivity contribution in [3.8, 4) is 0 Å². The lowest BCUT2D eigenvalue weighted by Crippen LogP contribution is -2.36. The molecule has 0 radical (unpaired) electrons. The zero-order chi connectivity index (χ0) is 18.1. The maximum Gasteiger partial charge on any atom is 0.310 e. The van der Waals surface area contributed by atoms with E-state index in [1.54, 1.807) is 0 Å². The largest absolute Gasteiger partial charge is 0.455 e. The molecule has 132 valence electrons. The summed E-state index contributed by atoms with van der Waals surface area (Å²) in [7, 11) is 0. The fourth-order valence-electron chi connectivity index (χ4n) is 2.38. The van der Waals surface area contributed by atoms with Crippen molar-refractivity contribution in [2.24, 2.45) is 0 Å². The number of ether oxygens (including phenoxy) is 1. The molecule has 0 aliphatic rings. The summed E-state index contributed by atoms with van der Waals surface area (Å²) in [5.74, 6) is -1.20. The van der Waals surface area contributed by atoms with Crippen LogP contribution in [0.4, 0.5) is 4.39 Å². The molecule has 0 saturated carbocycles. The van der Waals surface area contributed by atoms with Crippen molar-refractivity contribution in [3.05, 3.63) is 71.5 Å². The highest BCUT2D eigenvalue weighted by Gasteiger charge is 2.11. The van der Waals surface area contributed by atoms with Gasteiger partial charge in [-0.25, -0.2) is 4.39 Å². The highest BCUT2D eigenvalue weighted by Crippen LogP contribution is 2.06. The van der Waals surface area contributed by atoms with Crippen LogP contribution in [-0.2, 0) is 27.2 Å². The molecule has 0 aliphatic heterocycles. The van der Waals surface area contributed by atoms with Crippen molar-refractivity contribution >= 4 is 11.9 Å². The number of aryl methyl sites for hydroxylation is 1. The highest BCUT2D eigenvalue weighted by atomic mass is 19.1. The zero-order valence-corrected chi connectivity index (χ0v) is 14.2. The van der Waals surface area contributed by atoms with Crippen LogP contribution < -0.4 is 5.32 Å². The molecule has 1 N–H and O–H groups in total. The van der Waals surface area contributed by atoms with Crippen LogP contribution in [0.2, 0.25) is 0 Å². The normalized spacial score (nSPS) is 11.6. The van der Waals surface area contributed by atoms with E-state index < -0.39 is 5.97 Å². The molecule has 0 spiro atoms. The van der Waals surface area contributed by atoms with Crippen LogP contribution in [0.5, 0.6) is 0 Å². The van der Waals surface area contributed by atoms with Gasteiger partial charge in [-0.1, -0.05) is 42.5 Å². The molecule has 0 aromatic heterocycles. The predicted molar refractivity (Wildman–Crippen MR) is 93.4 cm³/mol. The molecular weight excluding hydrogens is 321 g/mol. The van der Waals surface area contributed by atoms with Gasteiger partial charge in [0.05, 0.1) is 6.42 Å². The van der Waals surface area contributed by atoms with Gasteiger partial charge in [-0.2, -0.15) is 0 Å². The van der Waals surface area contributed by atoms with Crippen LogP contribution in [-0.4, -0.2) is 24.5 Å².